The molecular weight excluding hydrogens is 358 g/mol. The number of thioether (sulfide) groups is 1. The number of carboxylic acid groups (broad SMARTS) is 2. The molecule has 0 aliphatic carbocycles. The Labute approximate surface area is 157 Å². The SMILES string of the molecule is CCCCC(Nc1nc(NC(CCCC)C(=O)O)nc(SC)n1)C(=O)O. The molecule has 0 radical (unpaired) electrons. The lowest BCUT2D eigenvalue weighted by molar-refractivity contribution is -0.139. The fourth-order valence-corrected chi connectivity index (χ4v) is 2.58. The van der Waals surface area contributed by atoms with E-state index in [1.807, 2.05) is 13.8 Å². The minimum absolute atomic E-state index is 0.120. The van der Waals surface area contributed by atoms with E-state index in [0.29, 0.717) is 18.0 Å². The number of nitrogens with one attached hydrogen (secondary N) is 2. The van der Waals surface area contributed by atoms with Crippen LogP contribution in [0.5, 0.6) is 0 Å². The van der Waals surface area contributed by atoms with Crippen molar-refractivity contribution in [3.63, 3.8) is 0 Å². The van der Waals surface area contributed by atoms with Gasteiger partial charge in [-0.1, -0.05) is 51.3 Å². The largest absolute Gasteiger partial charge is 0.480 e. The lowest BCUT2D eigenvalue weighted by atomic mass is 10.1. The number of rotatable bonds is 13. The molecule has 4 N–H and O–H groups in total. The summed E-state index contributed by atoms with van der Waals surface area (Å²) in [7, 11) is 0. The van der Waals surface area contributed by atoms with Crippen LogP contribution in [0.15, 0.2) is 5.16 Å². The molecule has 10 heteroatoms. The van der Waals surface area contributed by atoms with Crippen molar-refractivity contribution < 1.29 is 19.8 Å². The number of hydrogen-bond acceptors (Lipinski definition) is 8. The Morgan fingerprint density at radius 1 is 0.923 bits per heavy atom. The van der Waals surface area contributed by atoms with Crippen molar-refractivity contribution in [3.8, 4) is 0 Å². The molecule has 2 unspecified atom stereocenters. The molecule has 0 spiro atoms. The summed E-state index contributed by atoms with van der Waals surface area (Å²) in [5.41, 5.74) is 0. The number of nitrogens with zero attached hydrogens (tertiary/aromatic N) is 3. The average Bonchev–Trinajstić information content (AvgIpc) is 2.61. The third kappa shape index (κ3) is 7.42. The standard InChI is InChI=1S/C16H27N5O4S/c1-4-6-8-10(12(22)23)17-14-19-15(21-16(20-14)26-3)18-11(13(24)25)9-7-5-2/h10-11H,4-9H2,1-3H3,(H,22,23)(H,24,25)(H2,17,18,19,20,21). The van der Waals surface area contributed by atoms with Gasteiger partial charge in [-0.05, 0) is 19.1 Å². The van der Waals surface area contributed by atoms with E-state index in [0.717, 1.165) is 25.7 Å². The maximum absolute atomic E-state index is 11.4. The minimum Gasteiger partial charge on any atom is -0.480 e. The zero-order chi connectivity index (χ0) is 19.5. The summed E-state index contributed by atoms with van der Waals surface area (Å²) in [5.74, 6) is -1.72. The van der Waals surface area contributed by atoms with Gasteiger partial charge in [0.15, 0.2) is 5.16 Å². The molecule has 1 aromatic heterocycles. The normalized spacial score (nSPS) is 13.0. The second-order valence-electron chi connectivity index (χ2n) is 5.82. The lowest BCUT2D eigenvalue weighted by Gasteiger charge is -2.17. The Morgan fingerprint density at radius 2 is 1.35 bits per heavy atom. The van der Waals surface area contributed by atoms with Crippen LogP contribution < -0.4 is 10.6 Å². The number of anilines is 2. The molecule has 2 atom stereocenters. The molecule has 0 fully saturated rings. The molecule has 9 nitrogen and oxygen atoms in total. The highest BCUT2D eigenvalue weighted by Crippen LogP contribution is 2.17. The van der Waals surface area contributed by atoms with Crippen LogP contribution in [-0.2, 0) is 9.59 Å². The topological polar surface area (TPSA) is 137 Å². The third-order valence-electron chi connectivity index (χ3n) is 3.69. The molecule has 0 amide bonds. The predicted molar refractivity (Wildman–Crippen MR) is 101 cm³/mol. The van der Waals surface area contributed by atoms with Gasteiger partial charge < -0.3 is 20.8 Å². The van der Waals surface area contributed by atoms with Crippen LogP contribution in [0.2, 0.25) is 0 Å². The van der Waals surface area contributed by atoms with Crippen molar-refractivity contribution >= 4 is 35.6 Å². The van der Waals surface area contributed by atoms with Gasteiger partial charge in [-0.25, -0.2) is 9.59 Å². The first-order chi connectivity index (χ1) is 12.4. The summed E-state index contributed by atoms with van der Waals surface area (Å²) in [6.07, 6.45) is 5.94. The summed E-state index contributed by atoms with van der Waals surface area (Å²) in [4.78, 5) is 35.3. The molecule has 0 saturated heterocycles. The molecule has 0 aromatic carbocycles. The summed E-state index contributed by atoms with van der Waals surface area (Å²) in [6, 6.07) is -1.62. The number of hydrogen-bond donors (Lipinski definition) is 4. The van der Waals surface area contributed by atoms with Crippen LogP contribution in [0, 0.1) is 0 Å². The first-order valence-corrected chi connectivity index (χ1v) is 9.92. The van der Waals surface area contributed by atoms with E-state index in [1.165, 1.54) is 11.8 Å². The lowest BCUT2D eigenvalue weighted by Crippen LogP contribution is -2.32. The molecule has 0 saturated carbocycles. The van der Waals surface area contributed by atoms with Gasteiger partial charge in [0, 0.05) is 0 Å². The van der Waals surface area contributed by atoms with Gasteiger partial charge in [-0.2, -0.15) is 15.0 Å². The van der Waals surface area contributed by atoms with E-state index in [2.05, 4.69) is 25.6 Å². The van der Waals surface area contributed by atoms with Gasteiger partial charge in [-0.3, -0.25) is 0 Å². The molecule has 26 heavy (non-hydrogen) atoms. The Morgan fingerprint density at radius 3 is 1.65 bits per heavy atom. The van der Waals surface area contributed by atoms with Crippen molar-refractivity contribution in [2.75, 3.05) is 16.9 Å². The van der Waals surface area contributed by atoms with E-state index in [1.54, 1.807) is 6.26 Å². The van der Waals surface area contributed by atoms with Crippen molar-refractivity contribution in [1.82, 2.24) is 15.0 Å². The first-order valence-electron chi connectivity index (χ1n) is 8.69. The molecule has 0 bridgehead atoms. The third-order valence-corrected chi connectivity index (χ3v) is 4.24. The van der Waals surface area contributed by atoms with E-state index in [4.69, 9.17) is 0 Å². The molecular formula is C16H27N5O4S. The maximum Gasteiger partial charge on any atom is 0.326 e. The molecule has 0 aliphatic heterocycles. The van der Waals surface area contributed by atoms with Crippen molar-refractivity contribution in [2.45, 2.75) is 69.6 Å². The Kier molecular flexibility index (Phi) is 9.71. The number of unbranched alkanes of at least 4 members (excludes halogenated alkanes) is 2. The van der Waals surface area contributed by atoms with Gasteiger partial charge >= 0.3 is 11.9 Å². The summed E-state index contributed by atoms with van der Waals surface area (Å²) in [5, 5.41) is 24.7. The molecule has 0 aliphatic rings. The molecule has 1 heterocycles. The number of aromatic nitrogens is 3. The molecule has 146 valence electrons. The second kappa shape index (κ2) is 11.5. The Bertz CT molecular complexity index is 556. The highest BCUT2D eigenvalue weighted by molar-refractivity contribution is 7.98. The van der Waals surface area contributed by atoms with Crippen molar-refractivity contribution in [1.29, 1.82) is 0 Å². The number of carbonyl (C=O) groups is 2. The Hall–Kier alpha value is -2.10. The fourth-order valence-electron chi connectivity index (χ4n) is 2.22. The van der Waals surface area contributed by atoms with E-state index >= 15 is 0 Å². The van der Waals surface area contributed by atoms with E-state index in [9.17, 15) is 19.8 Å². The molecule has 1 aromatic rings. The van der Waals surface area contributed by atoms with E-state index in [-0.39, 0.29) is 11.9 Å². The fraction of sp³-hybridized carbons (Fsp3) is 0.688. The maximum atomic E-state index is 11.4. The monoisotopic (exact) mass is 385 g/mol. The van der Waals surface area contributed by atoms with Crippen LogP contribution in [0.25, 0.3) is 0 Å². The first kappa shape index (κ1) is 21.9. The van der Waals surface area contributed by atoms with Crippen LogP contribution in [0.4, 0.5) is 11.9 Å². The average molecular weight is 385 g/mol. The van der Waals surface area contributed by atoms with Crippen LogP contribution in [-0.4, -0.2) is 55.4 Å². The number of aliphatic carboxylic acids is 2. The smallest absolute Gasteiger partial charge is 0.326 e. The molecule has 1 rings (SSSR count). The van der Waals surface area contributed by atoms with Gasteiger partial charge in [0.1, 0.15) is 12.1 Å². The van der Waals surface area contributed by atoms with Gasteiger partial charge in [0.05, 0.1) is 0 Å². The Balaban J connectivity index is 2.98. The van der Waals surface area contributed by atoms with E-state index < -0.39 is 24.0 Å². The van der Waals surface area contributed by atoms with Crippen LogP contribution in [0.3, 0.4) is 0 Å². The van der Waals surface area contributed by atoms with Gasteiger partial charge in [0.25, 0.3) is 0 Å². The highest BCUT2D eigenvalue weighted by atomic mass is 32.2. The van der Waals surface area contributed by atoms with Gasteiger partial charge in [0.2, 0.25) is 11.9 Å². The summed E-state index contributed by atoms with van der Waals surface area (Å²) < 4.78 is 0. The quantitative estimate of drug-likeness (QED) is 0.375. The van der Waals surface area contributed by atoms with Crippen molar-refractivity contribution in [3.05, 3.63) is 0 Å². The predicted octanol–water partition coefficient (Wildman–Crippen LogP) is 2.70. The zero-order valence-electron chi connectivity index (χ0n) is 15.4. The summed E-state index contributed by atoms with van der Waals surface area (Å²) >= 11 is 1.27. The second-order valence-corrected chi connectivity index (χ2v) is 6.60. The van der Waals surface area contributed by atoms with Crippen LogP contribution in [0.1, 0.15) is 52.4 Å². The highest BCUT2D eigenvalue weighted by Gasteiger charge is 2.21. The van der Waals surface area contributed by atoms with Gasteiger partial charge in [-0.15, -0.1) is 0 Å². The van der Waals surface area contributed by atoms with Crippen molar-refractivity contribution in [2.24, 2.45) is 0 Å². The van der Waals surface area contributed by atoms with Crippen LogP contribution >= 0.6 is 11.8 Å². The number of carboxylic acids is 2. The zero-order valence-corrected chi connectivity index (χ0v) is 16.2. The minimum atomic E-state index is -0.981. The summed E-state index contributed by atoms with van der Waals surface area (Å²) in [6.45, 7) is 3.97.